The number of hydrogen-bond acceptors (Lipinski definition) is 4. The maximum Gasteiger partial charge on any atom is 0.336 e. The van der Waals surface area contributed by atoms with Gasteiger partial charge in [0.05, 0.1) is 0 Å². The Labute approximate surface area is 109 Å². The molecule has 1 heterocycles. The lowest BCUT2D eigenvalue weighted by molar-refractivity contribution is -0.156. The van der Waals surface area contributed by atoms with Crippen LogP contribution in [0.5, 0.6) is 0 Å². The van der Waals surface area contributed by atoms with Crippen LogP contribution in [0.4, 0.5) is 0 Å². The fourth-order valence-electron chi connectivity index (χ4n) is 2.30. The molecule has 5 nitrogen and oxygen atoms in total. The normalized spacial score (nSPS) is 24.7. The lowest BCUT2D eigenvalue weighted by Gasteiger charge is -2.33. The van der Waals surface area contributed by atoms with E-state index in [0.29, 0.717) is 6.04 Å². The molecule has 0 amide bonds. The van der Waals surface area contributed by atoms with Crippen LogP contribution in [0, 0.1) is 0 Å². The smallest absolute Gasteiger partial charge is 0.336 e. The van der Waals surface area contributed by atoms with Gasteiger partial charge in [-0.2, -0.15) is 0 Å². The van der Waals surface area contributed by atoms with Gasteiger partial charge in [0.25, 0.3) is 0 Å². The van der Waals surface area contributed by atoms with Crippen LogP contribution in [0.15, 0.2) is 0 Å². The molecular formula is C13H26N2O3. The Morgan fingerprint density at radius 1 is 1.50 bits per heavy atom. The fourth-order valence-corrected chi connectivity index (χ4v) is 2.30. The lowest BCUT2D eigenvalue weighted by atomic mass is 10.0. The number of rotatable bonds is 7. The fraction of sp³-hybridized carbons (Fsp3) is 0.923. The SMILES string of the molecule is CC1CCCCN1CCCNCC(C)(O)C(=O)O. The van der Waals surface area contributed by atoms with Crippen LogP contribution in [-0.4, -0.2) is 58.9 Å². The van der Waals surface area contributed by atoms with E-state index < -0.39 is 11.6 Å². The Balaban J connectivity index is 2.10. The summed E-state index contributed by atoms with van der Waals surface area (Å²) in [6, 6.07) is 0.667. The van der Waals surface area contributed by atoms with Crippen molar-refractivity contribution in [1.29, 1.82) is 0 Å². The number of piperidine rings is 1. The highest BCUT2D eigenvalue weighted by Crippen LogP contribution is 2.16. The second-order valence-corrected chi connectivity index (χ2v) is 5.49. The second kappa shape index (κ2) is 7.07. The van der Waals surface area contributed by atoms with Gasteiger partial charge >= 0.3 is 5.97 Å². The molecule has 0 aromatic heterocycles. The summed E-state index contributed by atoms with van der Waals surface area (Å²) >= 11 is 0. The number of carboxylic acid groups (broad SMARTS) is 1. The zero-order valence-corrected chi connectivity index (χ0v) is 11.5. The number of hydrogen-bond donors (Lipinski definition) is 3. The minimum Gasteiger partial charge on any atom is -0.479 e. The van der Waals surface area contributed by atoms with Crippen LogP contribution in [0.1, 0.15) is 39.5 Å². The summed E-state index contributed by atoms with van der Waals surface area (Å²) in [6.45, 7) is 6.64. The Morgan fingerprint density at radius 2 is 2.22 bits per heavy atom. The summed E-state index contributed by atoms with van der Waals surface area (Å²) in [6.07, 6.45) is 4.88. The van der Waals surface area contributed by atoms with E-state index in [1.54, 1.807) is 0 Å². The Hall–Kier alpha value is -0.650. The first-order valence-electron chi connectivity index (χ1n) is 6.84. The largest absolute Gasteiger partial charge is 0.479 e. The minimum absolute atomic E-state index is 0.0951. The van der Waals surface area contributed by atoms with Gasteiger partial charge in [-0.1, -0.05) is 6.42 Å². The lowest BCUT2D eigenvalue weighted by Crippen LogP contribution is -2.45. The van der Waals surface area contributed by atoms with Crippen molar-refractivity contribution >= 4 is 5.97 Å². The highest BCUT2D eigenvalue weighted by molar-refractivity contribution is 5.76. The van der Waals surface area contributed by atoms with Gasteiger partial charge in [0, 0.05) is 12.6 Å². The summed E-state index contributed by atoms with van der Waals surface area (Å²) in [4.78, 5) is 13.2. The van der Waals surface area contributed by atoms with Gasteiger partial charge in [0.2, 0.25) is 0 Å². The summed E-state index contributed by atoms with van der Waals surface area (Å²) < 4.78 is 0. The maximum absolute atomic E-state index is 10.7. The van der Waals surface area contributed by atoms with Crippen LogP contribution >= 0.6 is 0 Å². The quantitative estimate of drug-likeness (QED) is 0.586. The molecule has 1 saturated heterocycles. The zero-order valence-electron chi connectivity index (χ0n) is 11.5. The average Bonchev–Trinajstić information content (AvgIpc) is 2.30. The molecule has 3 N–H and O–H groups in total. The molecule has 5 heteroatoms. The van der Waals surface area contributed by atoms with Crippen molar-refractivity contribution in [2.45, 2.75) is 51.2 Å². The van der Waals surface area contributed by atoms with Crippen molar-refractivity contribution in [1.82, 2.24) is 10.2 Å². The number of likely N-dealkylation sites (tertiary alicyclic amines) is 1. The first kappa shape index (κ1) is 15.4. The average molecular weight is 258 g/mol. The van der Waals surface area contributed by atoms with E-state index >= 15 is 0 Å². The van der Waals surface area contributed by atoms with E-state index in [4.69, 9.17) is 5.11 Å². The van der Waals surface area contributed by atoms with Crippen LogP contribution in [0.25, 0.3) is 0 Å². The number of aliphatic carboxylic acids is 1. The third-order valence-electron chi connectivity index (χ3n) is 3.67. The number of nitrogens with zero attached hydrogens (tertiary/aromatic N) is 1. The van der Waals surface area contributed by atoms with Crippen LogP contribution in [0.2, 0.25) is 0 Å². The molecule has 1 fully saturated rings. The maximum atomic E-state index is 10.7. The van der Waals surface area contributed by atoms with Crippen molar-refractivity contribution in [3.8, 4) is 0 Å². The summed E-state index contributed by atoms with van der Waals surface area (Å²) in [7, 11) is 0. The highest BCUT2D eigenvalue weighted by Gasteiger charge is 2.28. The summed E-state index contributed by atoms with van der Waals surface area (Å²) in [5.74, 6) is -1.18. The predicted octanol–water partition coefficient (Wildman–Crippen LogP) is 0.676. The van der Waals surface area contributed by atoms with Gasteiger partial charge < -0.3 is 20.4 Å². The Morgan fingerprint density at radius 3 is 2.83 bits per heavy atom. The van der Waals surface area contributed by atoms with Crippen molar-refractivity contribution in [2.75, 3.05) is 26.2 Å². The molecule has 18 heavy (non-hydrogen) atoms. The van der Waals surface area contributed by atoms with Gasteiger partial charge in [-0.3, -0.25) is 0 Å². The third kappa shape index (κ3) is 4.92. The molecule has 2 atom stereocenters. The van der Waals surface area contributed by atoms with Crippen molar-refractivity contribution in [3.63, 3.8) is 0 Å². The van der Waals surface area contributed by atoms with Gasteiger partial charge in [-0.25, -0.2) is 4.79 Å². The van der Waals surface area contributed by atoms with E-state index in [9.17, 15) is 9.90 Å². The number of aliphatic hydroxyl groups is 1. The molecule has 0 radical (unpaired) electrons. The molecule has 2 unspecified atom stereocenters. The van der Waals surface area contributed by atoms with Gasteiger partial charge in [-0.15, -0.1) is 0 Å². The van der Waals surface area contributed by atoms with Crippen LogP contribution < -0.4 is 5.32 Å². The molecule has 0 saturated carbocycles. The van der Waals surface area contributed by atoms with E-state index in [2.05, 4.69) is 17.1 Å². The second-order valence-electron chi connectivity index (χ2n) is 5.49. The van der Waals surface area contributed by atoms with Gasteiger partial charge in [-0.05, 0) is 52.7 Å². The van der Waals surface area contributed by atoms with E-state index in [-0.39, 0.29) is 6.54 Å². The van der Waals surface area contributed by atoms with Crippen molar-refractivity contribution in [3.05, 3.63) is 0 Å². The number of carboxylic acids is 1. The minimum atomic E-state index is -1.67. The van der Waals surface area contributed by atoms with Gasteiger partial charge in [0.1, 0.15) is 0 Å². The highest BCUT2D eigenvalue weighted by atomic mass is 16.4. The summed E-state index contributed by atoms with van der Waals surface area (Å²) in [5.41, 5.74) is -1.67. The first-order chi connectivity index (χ1) is 8.43. The first-order valence-corrected chi connectivity index (χ1v) is 6.84. The molecule has 1 aliphatic heterocycles. The molecule has 0 aliphatic carbocycles. The van der Waals surface area contributed by atoms with E-state index in [1.165, 1.54) is 32.7 Å². The molecule has 1 rings (SSSR count). The molecule has 106 valence electrons. The van der Waals surface area contributed by atoms with Crippen molar-refractivity contribution < 1.29 is 15.0 Å². The van der Waals surface area contributed by atoms with Crippen LogP contribution in [0.3, 0.4) is 0 Å². The topological polar surface area (TPSA) is 72.8 Å². The number of carbonyl (C=O) groups is 1. The standard InChI is InChI=1S/C13H26N2O3/c1-11-6-3-4-8-15(11)9-5-7-14-10-13(2,18)12(16)17/h11,14,18H,3-10H2,1-2H3,(H,16,17). The molecule has 0 bridgehead atoms. The third-order valence-corrected chi connectivity index (χ3v) is 3.67. The van der Waals surface area contributed by atoms with Crippen molar-refractivity contribution in [2.24, 2.45) is 0 Å². The molecule has 1 aliphatic rings. The van der Waals surface area contributed by atoms with E-state index in [0.717, 1.165) is 19.5 Å². The number of nitrogens with one attached hydrogen (secondary N) is 1. The Bertz CT molecular complexity index is 269. The summed E-state index contributed by atoms with van der Waals surface area (Å²) in [5, 5.41) is 21.3. The van der Waals surface area contributed by atoms with Crippen LogP contribution in [-0.2, 0) is 4.79 Å². The monoisotopic (exact) mass is 258 g/mol. The predicted molar refractivity (Wildman–Crippen MR) is 70.6 cm³/mol. The zero-order chi connectivity index (χ0) is 13.6. The molecular weight excluding hydrogens is 232 g/mol. The molecule has 0 aromatic rings. The van der Waals surface area contributed by atoms with Gasteiger partial charge in [0.15, 0.2) is 5.60 Å². The molecule has 0 aromatic carbocycles. The Kier molecular flexibility index (Phi) is 6.05. The molecule has 0 spiro atoms. The van der Waals surface area contributed by atoms with E-state index in [1.807, 2.05) is 0 Å².